The zero-order valence-electron chi connectivity index (χ0n) is 11.7. The smallest absolute Gasteiger partial charge is 0.246 e. The van der Waals surface area contributed by atoms with Crippen molar-refractivity contribution < 1.29 is 8.42 Å². The van der Waals surface area contributed by atoms with Crippen LogP contribution in [0.2, 0.25) is 5.02 Å². The highest BCUT2D eigenvalue weighted by atomic mass is 35.5. The highest BCUT2D eigenvalue weighted by Gasteiger charge is 2.30. The largest absolute Gasteiger partial charge is 0.398 e. The van der Waals surface area contributed by atoms with E-state index in [1.807, 2.05) is 0 Å². The summed E-state index contributed by atoms with van der Waals surface area (Å²) in [5.74, 6) is 0. The monoisotopic (exact) mass is 325 g/mol. The van der Waals surface area contributed by atoms with E-state index >= 15 is 0 Å². The van der Waals surface area contributed by atoms with E-state index in [0.717, 1.165) is 5.56 Å². The van der Waals surface area contributed by atoms with E-state index in [4.69, 9.17) is 17.3 Å². The predicted molar refractivity (Wildman–Crippen MR) is 83.5 cm³/mol. The number of rotatable bonds is 4. The van der Waals surface area contributed by atoms with E-state index in [9.17, 15) is 8.42 Å². The molecule has 2 rings (SSSR count). The third kappa shape index (κ3) is 3.02. The summed E-state index contributed by atoms with van der Waals surface area (Å²) in [6.07, 6.45) is 3.24. The number of nitrogens with two attached hydrogens (primary N) is 1. The number of pyridine rings is 1. The summed E-state index contributed by atoms with van der Waals surface area (Å²) in [5.41, 5.74) is 6.75. The molecule has 0 bridgehead atoms. The number of sulfonamides is 1. The average Bonchev–Trinajstić information content (AvgIpc) is 2.46. The summed E-state index contributed by atoms with van der Waals surface area (Å²) in [6.45, 7) is 1.79. The summed E-state index contributed by atoms with van der Waals surface area (Å²) >= 11 is 6.01. The van der Waals surface area contributed by atoms with Gasteiger partial charge < -0.3 is 5.73 Å². The number of hydrogen-bond acceptors (Lipinski definition) is 4. The number of halogens is 1. The zero-order chi connectivity index (χ0) is 15.6. The summed E-state index contributed by atoms with van der Waals surface area (Å²) in [6, 6.07) is 7.82. The average molecular weight is 326 g/mol. The van der Waals surface area contributed by atoms with E-state index in [1.54, 1.807) is 37.5 Å². The second kappa shape index (κ2) is 6.01. The van der Waals surface area contributed by atoms with Gasteiger partial charge in [0.05, 0.1) is 10.7 Å². The lowest BCUT2D eigenvalue weighted by Crippen LogP contribution is -2.30. The van der Waals surface area contributed by atoms with Crippen LogP contribution in [0.4, 0.5) is 5.69 Å². The molecule has 0 radical (unpaired) electrons. The Hall–Kier alpha value is -1.63. The van der Waals surface area contributed by atoms with E-state index in [1.165, 1.54) is 23.5 Å². The van der Waals surface area contributed by atoms with E-state index in [0.29, 0.717) is 0 Å². The van der Waals surface area contributed by atoms with E-state index in [-0.39, 0.29) is 21.6 Å². The third-order valence-corrected chi connectivity index (χ3v) is 5.84. The van der Waals surface area contributed by atoms with Crippen molar-refractivity contribution in [3.63, 3.8) is 0 Å². The first kappa shape index (κ1) is 15.8. The number of hydrogen-bond donors (Lipinski definition) is 1. The lowest BCUT2D eigenvalue weighted by molar-refractivity contribution is 0.398. The van der Waals surface area contributed by atoms with Crippen molar-refractivity contribution in [2.45, 2.75) is 17.9 Å². The first-order valence-corrected chi connectivity index (χ1v) is 8.09. The molecule has 0 aliphatic carbocycles. The number of anilines is 1. The maximum atomic E-state index is 12.7. The van der Waals surface area contributed by atoms with Crippen LogP contribution >= 0.6 is 11.6 Å². The molecule has 1 atom stereocenters. The van der Waals surface area contributed by atoms with Gasteiger partial charge in [-0.05, 0) is 36.8 Å². The van der Waals surface area contributed by atoms with Crippen molar-refractivity contribution in [2.75, 3.05) is 12.8 Å². The molecule has 2 aromatic rings. The van der Waals surface area contributed by atoms with Crippen molar-refractivity contribution in [3.05, 3.63) is 53.3 Å². The van der Waals surface area contributed by atoms with Gasteiger partial charge in [0.15, 0.2) is 0 Å². The van der Waals surface area contributed by atoms with Gasteiger partial charge in [0.1, 0.15) is 4.90 Å². The molecule has 112 valence electrons. The van der Waals surface area contributed by atoms with Crippen molar-refractivity contribution >= 4 is 27.3 Å². The summed E-state index contributed by atoms with van der Waals surface area (Å²) in [5, 5.41) is 0.115. The Kier molecular flexibility index (Phi) is 4.51. The van der Waals surface area contributed by atoms with Crippen LogP contribution < -0.4 is 5.73 Å². The Labute approximate surface area is 129 Å². The molecule has 1 heterocycles. The molecule has 1 unspecified atom stereocenters. The maximum Gasteiger partial charge on any atom is 0.246 e. The quantitative estimate of drug-likeness (QED) is 0.877. The lowest BCUT2D eigenvalue weighted by atomic mass is 10.1. The highest BCUT2D eigenvalue weighted by molar-refractivity contribution is 7.89. The normalized spacial score (nSPS) is 13.3. The Morgan fingerprint density at radius 3 is 2.43 bits per heavy atom. The molecule has 1 aromatic carbocycles. The van der Waals surface area contributed by atoms with E-state index in [2.05, 4.69) is 4.98 Å². The Bertz CT molecular complexity index is 715. The van der Waals surface area contributed by atoms with Gasteiger partial charge in [-0.15, -0.1) is 0 Å². The topological polar surface area (TPSA) is 76.3 Å². The molecule has 7 heteroatoms. The summed E-state index contributed by atoms with van der Waals surface area (Å²) < 4.78 is 26.7. The number of nitrogen functional groups attached to an aromatic ring is 1. The Balaban J connectivity index is 2.45. The molecule has 0 aliphatic rings. The fourth-order valence-electron chi connectivity index (χ4n) is 2.00. The molecule has 0 amide bonds. The Morgan fingerprint density at radius 2 is 1.86 bits per heavy atom. The number of nitrogens with zero attached hydrogens (tertiary/aromatic N) is 2. The molecule has 0 spiro atoms. The van der Waals surface area contributed by atoms with Crippen molar-refractivity contribution in [3.8, 4) is 0 Å². The van der Waals surface area contributed by atoms with Crippen LogP contribution in [0.15, 0.2) is 47.6 Å². The van der Waals surface area contributed by atoms with Gasteiger partial charge in [-0.2, -0.15) is 4.31 Å². The molecule has 0 fully saturated rings. The minimum Gasteiger partial charge on any atom is -0.398 e. The van der Waals surface area contributed by atoms with Crippen molar-refractivity contribution in [2.24, 2.45) is 0 Å². The molecular weight excluding hydrogens is 310 g/mol. The SMILES string of the molecule is CC(c1ccncc1)N(C)S(=O)(=O)c1c(N)cccc1Cl. The van der Waals surface area contributed by atoms with Crippen LogP contribution in [0, 0.1) is 0 Å². The standard InChI is InChI=1S/C14H16ClN3O2S/c1-10(11-6-8-17-9-7-11)18(2)21(19,20)14-12(15)4-3-5-13(14)16/h3-10H,16H2,1-2H3. The molecule has 5 nitrogen and oxygen atoms in total. The van der Waals surface area contributed by atoms with Gasteiger partial charge in [0.25, 0.3) is 0 Å². The second-order valence-corrected chi connectivity index (χ2v) is 6.98. The lowest BCUT2D eigenvalue weighted by Gasteiger charge is -2.25. The van der Waals surface area contributed by atoms with E-state index < -0.39 is 10.0 Å². The molecular formula is C14H16ClN3O2S. The molecule has 0 saturated carbocycles. The van der Waals surface area contributed by atoms with Crippen LogP contribution in [0.3, 0.4) is 0 Å². The van der Waals surface area contributed by atoms with Gasteiger partial charge in [0.2, 0.25) is 10.0 Å². The fourth-order valence-corrected chi connectivity index (χ4v) is 3.98. The first-order valence-electron chi connectivity index (χ1n) is 6.27. The van der Waals surface area contributed by atoms with Gasteiger partial charge >= 0.3 is 0 Å². The van der Waals surface area contributed by atoms with Crippen molar-refractivity contribution in [1.82, 2.24) is 9.29 Å². The van der Waals surface area contributed by atoms with Crippen LogP contribution in [-0.2, 0) is 10.0 Å². The summed E-state index contributed by atoms with van der Waals surface area (Å²) in [7, 11) is -2.29. The van der Waals surface area contributed by atoms with Gasteiger partial charge in [0, 0.05) is 25.5 Å². The first-order chi connectivity index (χ1) is 9.85. The molecule has 2 N–H and O–H groups in total. The highest BCUT2D eigenvalue weighted by Crippen LogP contribution is 2.33. The van der Waals surface area contributed by atoms with Crippen LogP contribution in [0.1, 0.15) is 18.5 Å². The minimum atomic E-state index is -3.79. The Morgan fingerprint density at radius 1 is 1.24 bits per heavy atom. The fraction of sp³-hybridized carbons (Fsp3) is 0.214. The van der Waals surface area contributed by atoms with Crippen molar-refractivity contribution in [1.29, 1.82) is 0 Å². The molecule has 0 saturated heterocycles. The number of benzene rings is 1. The third-order valence-electron chi connectivity index (χ3n) is 3.37. The van der Waals surface area contributed by atoms with Crippen LogP contribution in [0.25, 0.3) is 0 Å². The second-order valence-electron chi connectivity index (χ2n) is 4.64. The van der Waals surface area contributed by atoms with Gasteiger partial charge in [-0.25, -0.2) is 8.42 Å². The van der Waals surface area contributed by atoms with Crippen LogP contribution in [-0.4, -0.2) is 24.8 Å². The molecule has 1 aromatic heterocycles. The molecule has 21 heavy (non-hydrogen) atoms. The maximum absolute atomic E-state index is 12.7. The minimum absolute atomic E-state index is 0.0601. The molecule has 0 aliphatic heterocycles. The predicted octanol–water partition coefficient (Wildman–Crippen LogP) is 2.70. The van der Waals surface area contributed by atoms with Crippen LogP contribution in [0.5, 0.6) is 0 Å². The summed E-state index contributed by atoms with van der Waals surface area (Å²) in [4.78, 5) is 3.87. The van der Waals surface area contributed by atoms with Gasteiger partial charge in [-0.3, -0.25) is 4.98 Å². The zero-order valence-corrected chi connectivity index (χ0v) is 13.3. The number of aromatic nitrogens is 1. The van der Waals surface area contributed by atoms with Gasteiger partial charge in [-0.1, -0.05) is 17.7 Å².